The second-order valence-electron chi connectivity index (χ2n) is 3.93. The number of amides is 1. The number of anilines is 1. The van der Waals surface area contributed by atoms with E-state index < -0.39 is 11.7 Å². The monoisotopic (exact) mass is 259 g/mol. The molecule has 98 valence electrons. The zero-order valence-electron chi connectivity index (χ0n) is 9.75. The van der Waals surface area contributed by atoms with Crippen molar-refractivity contribution in [3.8, 4) is 5.75 Å². The topological polar surface area (TPSA) is 29.5 Å². The first kappa shape index (κ1) is 12.7. The molecule has 0 saturated heterocycles. The van der Waals surface area contributed by atoms with Crippen molar-refractivity contribution < 1.29 is 22.7 Å². The summed E-state index contributed by atoms with van der Waals surface area (Å²) < 4.78 is 43.1. The van der Waals surface area contributed by atoms with Gasteiger partial charge in [-0.25, -0.2) is 0 Å². The van der Waals surface area contributed by atoms with Gasteiger partial charge in [-0.3, -0.25) is 4.79 Å². The van der Waals surface area contributed by atoms with Gasteiger partial charge in [0, 0.05) is 6.42 Å². The fourth-order valence-electron chi connectivity index (χ4n) is 1.84. The summed E-state index contributed by atoms with van der Waals surface area (Å²) in [5, 5.41) is 0. The van der Waals surface area contributed by atoms with Crippen molar-refractivity contribution in [2.45, 2.75) is 19.5 Å². The molecule has 1 aromatic carbocycles. The largest absolute Gasteiger partial charge is 0.490 e. The van der Waals surface area contributed by atoms with Gasteiger partial charge >= 0.3 is 6.18 Å². The quantitative estimate of drug-likeness (QED) is 0.776. The number of nitrogens with zero attached hydrogens (tertiary/aromatic N) is 1. The maximum absolute atomic E-state index is 12.6. The van der Waals surface area contributed by atoms with Gasteiger partial charge < -0.3 is 9.64 Å². The van der Waals surface area contributed by atoms with Gasteiger partial charge in [-0.1, -0.05) is 6.92 Å². The van der Waals surface area contributed by atoms with Gasteiger partial charge in [0.05, 0.1) is 17.8 Å². The predicted octanol–water partition coefficient (Wildman–Crippen LogP) is 2.84. The van der Waals surface area contributed by atoms with Crippen LogP contribution >= 0.6 is 0 Å². The van der Waals surface area contributed by atoms with Gasteiger partial charge in [0.1, 0.15) is 12.4 Å². The number of hydrogen-bond donors (Lipinski definition) is 0. The van der Waals surface area contributed by atoms with Gasteiger partial charge in [-0.15, -0.1) is 0 Å². The number of ether oxygens (including phenoxy) is 1. The lowest BCUT2D eigenvalue weighted by atomic mass is 10.1. The SMILES string of the molecule is CCC(=O)N1CCOc2ccc(C(F)(F)F)cc21. The molecule has 0 N–H and O–H groups in total. The van der Waals surface area contributed by atoms with Crippen molar-refractivity contribution >= 4 is 11.6 Å². The first-order chi connectivity index (χ1) is 8.43. The van der Waals surface area contributed by atoms with E-state index in [4.69, 9.17) is 4.74 Å². The Morgan fingerprint density at radius 3 is 2.78 bits per heavy atom. The molecule has 3 nitrogen and oxygen atoms in total. The highest BCUT2D eigenvalue weighted by atomic mass is 19.4. The molecular formula is C12H12F3NO2. The van der Waals surface area contributed by atoms with Gasteiger partial charge in [0.25, 0.3) is 0 Å². The summed E-state index contributed by atoms with van der Waals surface area (Å²) in [6, 6.07) is 3.17. The predicted molar refractivity (Wildman–Crippen MR) is 59.6 cm³/mol. The van der Waals surface area contributed by atoms with Crippen molar-refractivity contribution in [2.75, 3.05) is 18.1 Å². The molecule has 0 bridgehead atoms. The average molecular weight is 259 g/mol. The Morgan fingerprint density at radius 1 is 1.44 bits per heavy atom. The normalized spacial score (nSPS) is 15.0. The van der Waals surface area contributed by atoms with Crippen LogP contribution in [0.5, 0.6) is 5.75 Å². The van der Waals surface area contributed by atoms with Crippen molar-refractivity contribution in [2.24, 2.45) is 0 Å². The third kappa shape index (κ3) is 2.27. The smallest absolute Gasteiger partial charge is 0.416 e. The minimum Gasteiger partial charge on any atom is -0.490 e. The van der Waals surface area contributed by atoms with Crippen molar-refractivity contribution in [1.29, 1.82) is 0 Å². The third-order valence-corrected chi connectivity index (χ3v) is 2.75. The van der Waals surface area contributed by atoms with E-state index in [9.17, 15) is 18.0 Å². The minimum atomic E-state index is -4.42. The van der Waals surface area contributed by atoms with Crippen LogP contribution in [0.4, 0.5) is 18.9 Å². The number of hydrogen-bond acceptors (Lipinski definition) is 2. The maximum atomic E-state index is 12.6. The molecule has 0 atom stereocenters. The highest BCUT2D eigenvalue weighted by Gasteiger charge is 2.33. The molecule has 1 amide bonds. The minimum absolute atomic E-state index is 0.197. The molecule has 6 heteroatoms. The number of carbonyl (C=O) groups is 1. The van der Waals surface area contributed by atoms with Crippen LogP contribution in [-0.2, 0) is 11.0 Å². The van der Waals surface area contributed by atoms with E-state index in [1.54, 1.807) is 6.92 Å². The molecule has 1 heterocycles. The van der Waals surface area contributed by atoms with E-state index in [1.807, 2.05) is 0 Å². The summed E-state index contributed by atoms with van der Waals surface area (Å²) in [6.07, 6.45) is -4.18. The van der Waals surface area contributed by atoms with Gasteiger partial charge in [0.2, 0.25) is 5.91 Å². The molecule has 0 aliphatic carbocycles. The third-order valence-electron chi connectivity index (χ3n) is 2.75. The molecule has 0 saturated carbocycles. The van der Waals surface area contributed by atoms with Gasteiger partial charge in [-0.05, 0) is 18.2 Å². The van der Waals surface area contributed by atoms with Gasteiger partial charge in [-0.2, -0.15) is 13.2 Å². The number of rotatable bonds is 1. The van der Waals surface area contributed by atoms with Crippen LogP contribution in [0, 0.1) is 0 Å². The van der Waals surface area contributed by atoms with Crippen molar-refractivity contribution in [3.63, 3.8) is 0 Å². The summed E-state index contributed by atoms with van der Waals surface area (Å²) in [4.78, 5) is 13.0. The second kappa shape index (κ2) is 4.51. The van der Waals surface area contributed by atoms with Crippen LogP contribution in [0.3, 0.4) is 0 Å². The Kier molecular flexibility index (Phi) is 3.19. The molecule has 18 heavy (non-hydrogen) atoms. The number of halogens is 3. The van der Waals surface area contributed by atoms with E-state index in [2.05, 4.69) is 0 Å². The van der Waals surface area contributed by atoms with Gasteiger partial charge in [0.15, 0.2) is 0 Å². The van der Waals surface area contributed by atoms with Crippen LogP contribution < -0.4 is 9.64 Å². The number of alkyl halides is 3. The van der Waals surface area contributed by atoms with Crippen molar-refractivity contribution in [1.82, 2.24) is 0 Å². The summed E-state index contributed by atoms with van der Waals surface area (Å²) in [6.45, 7) is 2.25. The Bertz CT molecular complexity index is 471. The van der Waals surface area contributed by atoms with Crippen LogP contribution in [-0.4, -0.2) is 19.1 Å². The highest BCUT2D eigenvalue weighted by molar-refractivity contribution is 5.95. The molecular weight excluding hydrogens is 247 g/mol. The molecule has 0 radical (unpaired) electrons. The molecule has 0 aromatic heterocycles. The molecule has 0 unspecified atom stereocenters. The van der Waals surface area contributed by atoms with E-state index in [-0.39, 0.29) is 24.6 Å². The molecule has 1 aromatic rings. The Balaban J connectivity index is 2.44. The Morgan fingerprint density at radius 2 is 2.17 bits per heavy atom. The summed E-state index contributed by atoms with van der Waals surface area (Å²) in [5.74, 6) is 0.106. The molecule has 2 rings (SSSR count). The molecule has 1 aliphatic rings. The fourth-order valence-corrected chi connectivity index (χ4v) is 1.84. The summed E-state index contributed by atoms with van der Waals surface area (Å²) >= 11 is 0. The van der Waals surface area contributed by atoms with Crippen LogP contribution in [0.15, 0.2) is 18.2 Å². The first-order valence-corrected chi connectivity index (χ1v) is 5.58. The zero-order valence-corrected chi connectivity index (χ0v) is 9.75. The lowest BCUT2D eigenvalue weighted by molar-refractivity contribution is -0.137. The molecule has 1 aliphatic heterocycles. The Labute approximate surface area is 102 Å². The average Bonchev–Trinajstić information content (AvgIpc) is 2.35. The number of benzene rings is 1. The maximum Gasteiger partial charge on any atom is 0.416 e. The second-order valence-corrected chi connectivity index (χ2v) is 3.93. The first-order valence-electron chi connectivity index (χ1n) is 5.58. The Hall–Kier alpha value is -1.72. The zero-order chi connectivity index (χ0) is 13.3. The summed E-state index contributed by atoms with van der Waals surface area (Å²) in [7, 11) is 0. The summed E-state index contributed by atoms with van der Waals surface area (Å²) in [5.41, 5.74) is -0.580. The van der Waals surface area contributed by atoms with Crippen LogP contribution in [0.25, 0.3) is 0 Å². The van der Waals surface area contributed by atoms with E-state index in [1.165, 1.54) is 11.0 Å². The number of carbonyl (C=O) groups excluding carboxylic acids is 1. The molecule has 0 spiro atoms. The van der Waals surface area contributed by atoms with Crippen LogP contribution in [0.1, 0.15) is 18.9 Å². The van der Waals surface area contributed by atoms with E-state index in [0.29, 0.717) is 12.4 Å². The van der Waals surface area contributed by atoms with E-state index >= 15 is 0 Å². The molecule has 0 fully saturated rings. The van der Waals surface area contributed by atoms with Crippen LogP contribution in [0.2, 0.25) is 0 Å². The van der Waals surface area contributed by atoms with E-state index in [0.717, 1.165) is 12.1 Å². The highest BCUT2D eigenvalue weighted by Crippen LogP contribution is 2.38. The standard InChI is InChI=1S/C12H12F3NO2/c1-2-11(17)16-5-6-18-10-4-3-8(7-9(10)16)12(13,14)15/h3-4,7H,2,5-6H2,1H3. The fraction of sp³-hybridized carbons (Fsp3) is 0.417. The number of fused-ring (bicyclic) bond motifs is 1. The lowest BCUT2D eigenvalue weighted by Crippen LogP contribution is -2.37. The van der Waals surface area contributed by atoms with Crippen molar-refractivity contribution in [3.05, 3.63) is 23.8 Å². The lowest BCUT2D eigenvalue weighted by Gasteiger charge is -2.30.